The molecule has 132 valence electrons. The number of anilines is 1. The van der Waals surface area contributed by atoms with Crippen LogP contribution in [0, 0.1) is 5.92 Å². The predicted octanol–water partition coefficient (Wildman–Crippen LogP) is 2.83. The molecule has 0 aliphatic carbocycles. The van der Waals surface area contributed by atoms with Gasteiger partial charge in [0.25, 0.3) is 0 Å². The number of hydrogen-bond donors (Lipinski definition) is 0. The Bertz CT molecular complexity index is 717. The Labute approximate surface area is 152 Å². The number of nitrogens with zero attached hydrogens (tertiary/aromatic N) is 3. The van der Waals surface area contributed by atoms with Gasteiger partial charge in [-0.15, -0.1) is 5.10 Å². The van der Waals surface area contributed by atoms with E-state index < -0.39 is 0 Å². The van der Waals surface area contributed by atoms with E-state index in [0.29, 0.717) is 12.5 Å². The quantitative estimate of drug-likeness (QED) is 0.839. The maximum Gasteiger partial charge on any atom is 0.151 e. The Hall–Kier alpha value is -1.95. The largest absolute Gasteiger partial charge is 0.497 e. The van der Waals surface area contributed by atoms with Crippen molar-refractivity contribution in [3.8, 4) is 11.5 Å². The number of ether oxygens (including phenoxy) is 2. The first kappa shape index (κ1) is 16.5. The molecule has 4 rings (SSSR count). The molecule has 1 atom stereocenters. The van der Waals surface area contributed by atoms with Crippen LogP contribution >= 0.6 is 11.8 Å². The molecule has 1 unspecified atom stereocenters. The van der Waals surface area contributed by atoms with Crippen molar-refractivity contribution in [2.24, 2.45) is 5.92 Å². The van der Waals surface area contributed by atoms with Crippen LogP contribution < -0.4 is 14.4 Å². The minimum absolute atomic E-state index is 0.437. The van der Waals surface area contributed by atoms with Crippen LogP contribution in [0.4, 0.5) is 5.82 Å². The minimum Gasteiger partial charge on any atom is -0.497 e. The number of fused-ring (bicyclic) bond motifs is 1. The Kier molecular flexibility index (Phi) is 4.97. The van der Waals surface area contributed by atoms with Crippen molar-refractivity contribution in [2.75, 3.05) is 43.2 Å². The monoisotopic (exact) mass is 357 g/mol. The van der Waals surface area contributed by atoms with Crippen LogP contribution in [0.15, 0.2) is 30.3 Å². The molecule has 0 amide bonds. The van der Waals surface area contributed by atoms with Crippen LogP contribution in [0.25, 0.3) is 0 Å². The van der Waals surface area contributed by atoms with Gasteiger partial charge in [0.2, 0.25) is 0 Å². The van der Waals surface area contributed by atoms with E-state index in [1.54, 1.807) is 7.11 Å². The molecule has 25 heavy (non-hydrogen) atoms. The smallest absolute Gasteiger partial charge is 0.151 e. The molecule has 3 heterocycles. The fourth-order valence-corrected chi connectivity index (χ4v) is 4.30. The van der Waals surface area contributed by atoms with E-state index in [9.17, 15) is 0 Å². The fraction of sp³-hybridized carbons (Fsp3) is 0.474. The van der Waals surface area contributed by atoms with Gasteiger partial charge in [0.1, 0.15) is 11.5 Å². The Balaban J connectivity index is 1.39. The second-order valence-electron chi connectivity index (χ2n) is 6.54. The van der Waals surface area contributed by atoms with Crippen molar-refractivity contribution < 1.29 is 9.47 Å². The van der Waals surface area contributed by atoms with E-state index >= 15 is 0 Å². The molecule has 2 aliphatic heterocycles. The van der Waals surface area contributed by atoms with Crippen molar-refractivity contribution >= 4 is 17.6 Å². The maximum absolute atomic E-state index is 5.93. The summed E-state index contributed by atoms with van der Waals surface area (Å²) in [6.07, 6.45) is 1.90. The highest BCUT2D eigenvalue weighted by Crippen LogP contribution is 2.32. The van der Waals surface area contributed by atoms with Crippen molar-refractivity contribution in [3.05, 3.63) is 41.6 Å². The minimum atomic E-state index is 0.437. The van der Waals surface area contributed by atoms with Gasteiger partial charge in [-0.2, -0.15) is 16.9 Å². The lowest BCUT2D eigenvalue weighted by atomic mass is 9.92. The van der Waals surface area contributed by atoms with Crippen LogP contribution in [0.3, 0.4) is 0 Å². The van der Waals surface area contributed by atoms with Gasteiger partial charge in [-0.1, -0.05) is 6.07 Å². The van der Waals surface area contributed by atoms with Crippen LogP contribution in [-0.4, -0.2) is 48.5 Å². The first-order valence-electron chi connectivity index (χ1n) is 8.77. The molecule has 0 spiro atoms. The van der Waals surface area contributed by atoms with Gasteiger partial charge in [-0.3, -0.25) is 0 Å². The lowest BCUT2D eigenvalue weighted by Crippen LogP contribution is -2.33. The average Bonchev–Trinajstić information content (AvgIpc) is 2.69. The second-order valence-corrected chi connectivity index (χ2v) is 7.77. The van der Waals surface area contributed by atoms with Crippen LogP contribution in [0.5, 0.6) is 11.5 Å². The van der Waals surface area contributed by atoms with E-state index in [4.69, 9.17) is 9.47 Å². The zero-order valence-electron chi connectivity index (χ0n) is 14.5. The summed E-state index contributed by atoms with van der Waals surface area (Å²) < 4.78 is 11.2. The van der Waals surface area contributed by atoms with E-state index in [1.165, 1.54) is 17.1 Å². The predicted molar refractivity (Wildman–Crippen MR) is 101 cm³/mol. The number of hydrogen-bond acceptors (Lipinski definition) is 6. The summed E-state index contributed by atoms with van der Waals surface area (Å²) >= 11 is 2.00. The van der Waals surface area contributed by atoms with Crippen LogP contribution in [0.2, 0.25) is 0 Å². The SMILES string of the molecule is COc1ccc2c(c1)OCC(Cc1ccc(N3CCSCC3)nn1)C2. The molecule has 0 saturated carbocycles. The molecule has 0 bridgehead atoms. The van der Waals surface area contributed by atoms with Gasteiger partial charge in [-0.25, -0.2) is 0 Å². The van der Waals surface area contributed by atoms with E-state index in [0.717, 1.165) is 48.9 Å². The normalized spacial score (nSPS) is 19.9. The third-order valence-electron chi connectivity index (χ3n) is 4.80. The highest BCUT2D eigenvalue weighted by atomic mass is 32.2. The van der Waals surface area contributed by atoms with Crippen molar-refractivity contribution in [1.29, 1.82) is 0 Å². The molecule has 1 aromatic carbocycles. The maximum atomic E-state index is 5.93. The third-order valence-corrected chi connectivity index (χ3v) is 5.74. The van der Waals surface area contributed by atoms with Crippen LogP contribution in [-0.2, 0) is 12.8 Å². The first-order chi connectivity index (χ1) is 12.3. The number of aromatic nitrogens is 2. The van der Waals surface area contributed by atoms with Crippen molar-refractivity contribution in [1.82, 2.24) is 10.2 Å². The number of benzene rings is 1. The van der Waals surface area contributed by atoms with Gasteiger partial charge in [0.15, 0.2) is 5.82 Å². The van der Waals surface area contributed by atoms with Crippen molar-refractivity contribution in [2.45, 2.75) is 12.8 Å². The van der Waals surface area contributed by atoms with Gasteiger partial charge in [0, 0.05) is 36.6 Å². The highest BCUT2D eigenvalue weighted by molar-refractivity contribution is 7.99. The zero-order chi connectivity index (χ0) is 17.1. The molecule has 1 saturated heterocycles. The average molecular weight is 357 g/mol. The Morgan fingerprint density at radius 2 is 2.08 bits per heavy atom. The molecule has 1 fully saturated rings. The lowest BCUT2D eigenvalue weighted by molar-refractivity contribution is 0.219. The molecule has 0 radical (unpaired) electrons. The summed E-state index contributed by atoms with van der Waals surface area (Å²) in [7, 11) is 1.68. The molecular weight excluding hydrogens is 334 g/mol. The summed E-state index contributed by atoms with van der Waals surface area (Å²) in [5.41, 5.74) is 2.29. The fourth-order valence-electron chi connectivity index (χ4n) is 3.39. The number of thioether (sulfide) groups is 1. The number of rotatable bonds is 4. The van der Waals surface area contributed by atoms with Gasteiger partial charge >= 0.3 is 0 Å². The molecule has 2 aromatic rings. The Morgan fingerprint density at radius 3 is 2.84 bits per heavy atom. The van der Waals surface area contributed by atoms with Gasteiger partial charge < -0.3 is 14.4 Å². The molecule has 0 N–H and O–H groups in total. The first-order valence-corrected chi connectivity index (χ1v) is 9.92. The second kappa shape index (κ2) is 7.52. The zero-order valence-corrected chi connectivity index (χ0v) is 15.3. The van der Waals surface area contributed by atoms with E-state index in [1.807, 2.05) is 23.9 Å². The van der Waals surface area contributed by atoms with E-state index in [-0.39, 0.29) is 0 Å². The van der Waals surface area contributed by atoms with E-state index in [2.05, 4.69) is 33.3 Å². The topological polar surface area (TPSA) is 47.5 Å². The van der Waals surface area contributed by atoms with Gasteiger partial charge in [-0.05, 0) is 36.6 Å². The third kappa shape index (κ3) is 3.84. The lowest BCUT2D eigenvalue weighted by Gasteiger charge is -2.27. The Morgan fingerprint density at radius 1 is 1.20 bits per heavy atom. The summed E-state index contributed by atoms with van der Waals surface area (Å²) in [5.74, 6) is 5.57. The summed E-state index contributed by atoms with van der Waals surface area (Å²) in [6.45, 7) is 2.84. The summed E-state index contributed by atoms with van der Waals surface area (Å²) in [6, 6.07) is 10.3. The van der Waals surface area contributed by atoms with Crippen molar-refractivity contribution in [3.63, 3.8) is 0 Å². The van der Waals surface area contributed by atoms with Gasteiger partial charge in [0.05, 0.1) is 19.4 Å². The summed E-state index contributed by atoms with van der Waals surface area (Å²) in [5, 5.41) is 8.90. The molecule has 5 nitrogen and oxygen atoms in total. The molecule has 2 aliphatic rings. The molecule has 1 aromatic heterocycles. The molecule has 6 heteroatoms. The standard InChI is InChI=1S/C19H23N3O2S/c1-23-17-4-2-15-10-14(13-24-18(15)12-17)11-16-3-5-19(21-20-16)22-6-8-25-9-7-22/h2-5,12,14H,6-11,13H2,1H3. The summed E-state index contributed by atoms with van der Waals surface area (Å²) in [4.78, 5) is 2.32. The van der Waals surface area contributed by atoms with Crippen LogP contribution in [0.1, 0.15) is 11.3 Å². The molecular formula is C19H23N3O2S. The number of methoxy groups -OCH3 is 1. The highest BCUT2D eigenvalue weighted by Gasteiger charge is 2.21.